The van der Waals surface area contributed by atoms with Gasteiger partial charge in [-0.05, 0) is 38.5 Å². The van der Waals surface area contributed by atoms with Crippen LogP contribution >= 0.6 is 11.6 Å². The number of hydrogen-bond donors (Lipinski definition) is 1. The highest BCUT2D eigenvalue weighted by molar-refractivity contribution is 6.33. The SMILES string of the molecule is CCc1nc2c(Cl)cc(C(F)(F)F)cn2c1C(=O)NCCCN(CC)CC. The monoisotopic (exact) mass is 404 g/mol. The van der Waals surface area contributed by atoms with Gasteiger partial charge >= 0.3 is 6.18 Å². The lowest BCUT2D eigenvalue weighted by Gasteiger charge is -2.17. The Bertz CT molecular complexity index is 800. The normalized spacial score (nSPS) is 12.1. The molecular formula is C18H24ClF3N4O. The second-order valence-electron chi connectivity index (χ2n) is 6.17. The Kier molecular flexibility index (Phi) is 7.11. The number of carbonyl (C=O) groups is 1. The maximum absolute atomic E-state index is 13.1. The van der Waals surface area contributed by atoms with E-state index in [0.29, 0.717) is 18.7 Å². The quantitative estimate of drug-likeness (QED) is 0.676. The molecule has 1 amide bonds. The maximum atomic E-state index is 13.1. The summed E-state index contributed by atoms with van der Waals surface area (Å²) >= 11 is 5.99. The fourth-order valence-corrected chi connectivity index (χ4v) is 3.17. The van der Waals surface area contributed by atoms with Gasteiger partial charge in [-0.3, -0.25) is 9.20 Å². The van der Waals surface area contributed by atoms with Gasteiger partial charge in [0.25, 0.3) is 5.91 Å². The van der Waals surface area contributed by atoms with Crippen LogP contribution in [0.3, 0.4) is 0 Å². The molecule has 150 valence electrons. The Morgan fingerprint density at radius 1 is 1.30 bits per heavy atom. The molecule has 0 spiro atoms. The number of alkyl halides is 3. The highest BCUT2D eigenvalue weighted by Crippen LogP contribution is 2.33. The minimum absolute atomic E-state index is 0.100. The molecule has 0 aliphatic heterocycles. The summed E-state index contributed by atoms with van der Waals surface area (Å²) in [5.41, 5.74) is -0.258. The third kappa shape index (κ3) is 4.93. The number of carbonyl (C=O) groups excluding carboxylic acids is 1. The van der Waals surface area contributed by atoms with Crippen molar-refractivity contribution < 1.29 is 18.0 Å². The van der Waals surface area contributed by atoms with Crippen molar-refractivity contribution in [2.45, 2.75) is 39.8 Å². The van der Waals surface area contributed by atoms with Crippen molar-refractivity contribution in [1.29, 1.82) is 0 Å². The molecule has 0 aliphatic rings. The molecule has 0 saturated heterocycles. The summed E-state index contributed by atoms with van der Waals surface area (Å²) in [7, 11) is 0. The molecule has 0 atom stereocenters. The lowest BCUT2D eigenvalue weighted by Crippen LogP contribution is -2.31. The van der Waals surface area contributed by atoms with E-state index in [1.54, 1.807) is 6.92 Å². The summed E-state index contributed by atoms with van der Waals surface area (Å²) in [6.45, 7) is 9.04. The molecule has 9 heteroatoms. The van der Waals surface area contributed by atoms with E-state index in [9.17, 15) is 18.0 Å². The van der Waals surface area contributed by atoms with Gasteiger partial charge < -0.3 is 10.2 Å². The number of nitrogens with one attached hydrogen (secondary N) is 1. The Morgan fingerprint density at radius 2 is 1.96 bits per heavy atom. The molecule has 0 aromatic carbocycles. The van der Waals surface area contributed by atoms with Gasteiger partial charge in [-0.1, -0.05) is 32.4 Å². The van der Waals surface area contributed by atoms with Gasteiger partial charge in [0.15, 0.2) is 5.65 Å². The van der Waals surface area contributed by atoms with E-state index in [1.165, 1.54) is 0 Å². The van der Waals surface area contributed by atoms with E-state index in [1.807, 2.05) is 0 Å². The number of hydrogen-bond acceptors (Lipinski definition) is 3. The van der Waals surface area contributed by atoms with Crippen LogP contribution in [0, 0.1) is 0 Å². The average molecular weight is 405 g/mol. The van der Waals surface area contributed by atoms with Crippen LogP contribution in [0.1, 0.15) is 48.9 Å². The summed E-state index contributed by atoms with van der Waals surface area (Å²) in [6.07, 6.45) is -2.54. The van der Waals surface area contributed by atoms with Crippen molar-refractivity contribution in [3.05, 3.63) is 34.2 Å². The molecule has 2 aromatic rings. The van der Waals surface area contributed by atoms with Crippen molar-refractivity contribution in [3.63, 3.8) is 0 Å². The Balaban J connectivity index is 2.27. The van der Waals surface area contributed by atoms with Gasteiger partial charge in [0.1, 0.15) is 5.69 Å². The molecular weight excluding hydrogens is 381 g/mol. The number of pyridine rings is 1. The first-order valence-electron chi connectivity index (χ1n) is 9.01. The van der Waals surface area contributed by atoms with Crippen LogP contribution in [0.15, 0.2) is 12.3 Å². The highest BCUT2D eigenvalue weighted by atomic mass is 35.5. The van der Waals surface area contributed by atoms with E-state index in [-0.39, 0.29) is 16.4 Å². The van der Waals surface area contributed by atoms with Crippen molar-refractivity contribution in [1.82, 2.24) is 19.6 Å². The summed E-state index contributed by atoms with van der Waals surface area (Å²) in [5, 5.41) is 2.64. The smallest absolute Gasteiger partial charge is 0.351 e. The standard InChI is InChI=1S/C18H24ClF3N4O/c1-4-14-15(17(27)23-8-7-9-25(5-2)6-3)26-11-12(18(20,21)22)10-13(19)16(26)24-14/h10-11H,4-9H2,1-3H3,(H,23,27). The van der Waals surface area contributed by atoms with Gasteiger partial charge in [-0.2, -0.15) is 13.2 Å². The van der Waals surface area contributed by atoms with Crippen LogP contribution in [-0.2, 0) is 12.6 Å². The molecule has 5 nitrogen and oxygen atoms in total. The zero-order valence-electron chi connectivity index (χ0n) is 15.7. The van der Waals surface area contributed by atoms with Gasteiger partial charge in [0.2, 0.25) is 0 Å². The molecule has 27 heavy (non-hydrogen) atoms. The largest absolute Gasteiger partial charge is 0.417 e. The number of halogens is 4. The first-order chi connectivity index (χ1) is 12.7. The van der Waals surface area contributed by atoms with Crippen LogP contribution in [-0.4, -0.2) is 46.4 Å². The van der Waals surface area contributed by atoms with Gasteiger partial charge in [-0.25, -0.2) is 4.98 Å². The van der Waals surface area contributed by atoms with Gasteiger partial charge in [0.05, 0.1) is 16.3 Å². The first kappa shape index (κ1) is 21.5. The molecule has 0 unspecified atom stereocenters. The number of fused-ring (bicyclic) bond motifs is 1. The van der Waals surface area contributed by atoms with E-state index in [4.69, 9.17) is 11.6 Å². The first-order valence-corrected chi connectivity index (χ1v) is 9.38. The third-order valence-corrected chi connectivity index (χ3v) is 4.73. The van der Waals surface area contributed by atoms with Crippen LogP contribution in [0.2, 0.25) is 5.02 Å². The molecule has 2 aromatic heterocycles. The number of rotatable bonds is 8. The van der Waals surface area contributed by atoms with Crippen LogP contribution in [0.4, 0.5) is 13.2 Å². The number of aromatic nitrogens is 2. The Labute approximate surface area is 161 Å². The number of nitrogens with zero attached hydrogens (tertiary/aromatic N) is 3. The van der Waals surface area contributed by atoms with E-state index < -0.39 is 17.6 Å². The van der Waals surface area contributed by atoms with E-state index >= 15 is 0 Å². The minimum Gasteiger partial charge on any atom is -0.351 e. The fraction of sp³-hybridized carbons (Fsp3) is 0.556. The Morgan fingerprint density at radius 3 is 2.52 bits per heavy atom. The topological polar surface area (TPSA) is 49.6 Å². The highest BCUT2D eigenvalue weighted by Gasteiger charge is 2.33. The van der Waals surface area contributed by atoms with Crippen LogP contribution in [0.25, 0.3) is 5.65 Å². The second-order valence-corrected chi connectivity index (χ2v) is 6.57. The summed E-state index contributed by atoms with van der Waals surface area (Å²) in [4.78, 5) is 19.1. The van der Waals surface area contributed by atoms with Crippen LogP contribution in [0.5, 0.6) is 0 Å². The molecule has 0 bridgehead atoms. The van der Waals surface area contributed by atoms with Gasteiger partial charge in [0, 0.05) is 12.7 Å². The third-order valence-electron chi connectivity index (χ3n) is 4.46. The molecule has 0 fully saturated rings. The molecule has 0 radical (unpaired) electrons. The molecule has 0 saturated carbocycles. The zero-order chi connectivity index (χ0) is 20.2. The van der Waals surface area contributed by atoms with Crippen molar-refractivity contribution >= 4 is 23.2 Å². The molecule has 1 N–H and O–H groups in total. The summed E-state index contributed by atoms with van der Waals surface area (Å²) < 4.78 is 40.5. The lowest BCUT2D eigenvalue weighted by molar-refractivity contribution is -0.137. The number of imidazole rings is 1. The fourth-order valence-electron chi connectivity index (χ4n) is 2.92. The number of aryl methyl sites for hydroxylation is 1. The molecule has 2 rings (SSSR count). The van der Waals surface area contributed by atoms with Crippen LogP contribution < -0.4 is 5.32 Å². The lowest BCUT2D eigenvalue weighted by atomic mass is 10.2. The molecule has 0 aliphatic carbocycles. The predicted octanol–water partition coefficient (Wildman–Crippen LogP) is 4.03. The van der Waals surface area contributed by atoms with Gasteiger partial charge in [-0.15, -0.1) is 0 Å². The van der Waals surface area contributed by atoms with E-state index in [0.717, 1.165) is 42.7 Å². The summed E-state index contributed by atoms with van der Waals surface area (Å²) in [6, 6.07) is 0.828. The maximum Gasteiger partial charge on any atom is 0.417 e. The average Bonchev–Trinajstić information content (AvgIpc) is 3.00. The molecule has 2 heterocycles. The van der Waals surface area contributed by atoms with Crippen molar-refractivity contribution in [3.8, 4) is 0 Å². The minimum atomic E-state index is -4.56. The number of amides is 1. The predicted molar refractivity (Wildman–Crippen MR) is 99.3 cm³/mol. The van der Waals surface area contributed by atoms with Crippen molar-refractivity contribution in [2.24, 2.45) is 0 Å². The van der Waals surface area contributed by atoms with Crippen molar-refractivity contribution in [2.75, 3.05) is 26.2 Å². The van der Waals surface area contributed by atoms with E-state index in [2.05, 4.69) is 29.0 Å². The zero-order valence-corrected chi connectivity index (χ0v) is 16.4. The Hall–Kier alpha value is -1.80. The second kappa shape index (κ2) is 8.93. The summed E-state index contributed by atoms with van der Waals surface area (Å²) in [5.74, 6) is -0.450.